The summed E-state index contributed by atoms with van der Waals surface area (Å²) in [5.41, 5.74) is 2.74. The molecule has 1 rings (SSSR count). The molecule has 0 radical (unpaired) electrons. The molecule has 0 aliphatic heterocycles. The Morgan fingerprint density at radius 3 is 1.75 bits per heavy atom. The van der Waals surface area contributed by atoms with Gasteiger partial charge in [0, 0.05) is 17.3 Å². The van der Waals surface area contributed by atoms with Crippen molar-refractivity contribution in [1.29, 1.82) is 0 Å². The van der Waals surface area contributed by atoms with E-state index in [-0.39, 0.29) is 10.8 Å². The summed E-state index contributed by atoms with van der Waals surface area (Å²) in [5, 5.41) is 0. The van der Waals surface area contributed by atoms with Gasteiger partial charge in [0.05, 0.1) is 0 Å². The maximum Gasteiger partial charge on any atom is 0.0465 e. The molecule has 0 aromatic carbocycles. The van der Waals surface area contributed by atoms with Crippen molar-refractivity contribution < 1.29 is 0 Å². The lowest BCUT2D eigenvalue weighted by Crippen LogP contribution is -2.34. The summed E-state index contributed by atoms with van der Waals surface area (Å²) in [6, 6.07) is 4.27. The number of aromatic nitrogens is 1. The lowest BCUT2D eigenvalue weighted by molar-refractivity contribution is 0.219. The van der Waals surface area contributed by atoms with Crippen LogP contribution in [0.5, 0.6) is 0 Å². The first-order valence-electron chi connectivity index (χ1n) is 6.18. The molecule has 0 fully saturated rings. The van der Waals surface area contributed by atoms with Crippen molar-refractivity contribution in [3.63, 3.8) is 0 Å². The molecule has 1 aromatic rings. The van der Waals surface area contributed by atoms with E-state index in [2.05, 4.69) is 58.7 Å². The third-order valence-corrected chi connectivity index (χ3v) is 3.43. The highest BCUT2D eigenvalue weighted by Crippen LogP contribution is 2.39. The molecule has 0 atom stereocenters. The minimum absolute atomic E-state index is 0.112. The maximum atomic E-state index is 4.52. The largest absolute Gasteiger partial charge is 0.260 e. The van der Waals surface area contributed by atoms with E-state index in [1.807, 2.05) is 20.0 Å². The molecule has 0 saturated heterocycles. The van der Waals surface area contributed by atoms with Gasteiger partial charge in [-0.3, -0.25) is 4.98 Å². The van der Waals surface area contributed by atoms with Crippen LogP contribution in [0.3, 0.4) is 0 Å². The number of hydrogen-bond acceptors (Lipinski definition) is 1. The number of nitrogens with zero attached hydrogens (tertiary/aromatic N) is 1. The molecule has 0 N–H and O–H groups in total. The predicted octanol–water partition coefficient (Wildman–Crippen LogP) is 4.74. The summed E-state index contributed by atoms with van der Waals surface area (Å²) in [5.74, 6) is 0. The third-order valence-electron chi connectivity index (χ3n) is 3.43. The molecule has 0 aliphatic carbocycles. The van der Waals surface area contributed by atoms with Gasteiger partial charge in [0.15, 0.2) is 0 Å². The fourth-order valence-corrected chi connectivity index (χ4v) is 1.22. The molecule has 92 valence electrons. The highest BCUT2D eigenvalue weighted by atomic mass is 14.7. The predicted molar refractivity (Wildman–Crippen MR) is 72.8 cm³/mol. The van der Waals surface area contributed by atoms with Crippen molar-refractivity contribution in [1.82, 2.24) is 4.98 Å². The smallest absolute Gasteiger partial charge is 0.0465 e. The van der Waals surface area contributed by atoms with Gasteiger partial charge in [0.1, 0.15) is 0 Å². The van der Waals surface area contributed by atoms with Crippen LogP contribution in [0.4, 0.5) is 0 Å². The molecule has 0 unspecified atom stereocenters. The van der Waals surface area contributed by atoms with Gasteiger partial charge in [-0.25, -0.2) is 0 Å². The van der Waals surface area contributed by atoms with Gasteiger partial charge in [-0.1, -0.05) is 54.5 Å². The van der Waals surface area contributed by atoms with Crippen LogP contribution >= 0.6 is 0 Å². The van der Waals surface area contributed by atoms with Crippen LogP contribution in [0.2, 0.25) is 0 Å². The van der Waals surface area contributed by atoms with Crippen LogP contribution in [-0.4, -0.2) is 4.98 Å². The van der Waals surface area contributed by atoms with Crippen molar-refractivity contribution >= 4 is 0 Å². The van der Waals surface area contributed by atoms with Gasteiger partial charge in [-0.15, -0.1) is 0 Å². The van der Waals surface area contributed by atoms with E-state index in [0.29, 0.717) is 0 Å². The van der Waals surface area contributed by atoms with Crippen molar-refractivity contribution in [2.45, 2.75) is 60.8 Å². The first-order valence-corrected chi connectivity index (χ1v) is 6.18. The average molecular weight is 221 g/mol. The van der Waals surface area contributed by atoms with E-state index in [4.69, 9.17) is 0 Å². The Morgan fingerprint density at radius 1 is 0.938 bits per heavy atom. The number of aryl methyl sites for hydroxylation is 1. The van der Waals surface area contributed by atoms with Gasteiger partial charge >= 0.3 is 0 Å². The van der Waals surface area contributed by atoms with Crippen LogP contribution in [0.1, 0.15) is 59.7 Å². The van der Waals surface area contributed by atoms with E-state index >= 15 is 0 Å². The van der Waals surface area contributed by atoms with Gasteiger partial charge < -0.3 is 0 Å². The SMILES string of the molecule is CC.Cc1ccc(C(C)(C)C(C)(C)C)nc1. The Morgan fingerprint density at radius 2 is 1.44 bits per heavy atom. The van der Waals surface area contributed by atoms with Crippen molar-refractivity contribution in [2.24, 2.45) is 5.41 Å². The molecule has 0 amide bonds. The molecule has 1 aromatic heterocycles. The highest BCUT2D eigenvalue weighted by molar-refractivity contribution is 5.21. The van der Waals surface area contributed by atoms with Gasteiger partial charge in [0.25, 0.3) is 0 Å². The standard InChI is InChI=1S/C13H21N.C2H6/c1-10-7-8-11(14-9-10)13(5,6)12(2,3)4;1-2/h7-9H,1-6H3;1-2H3. The molecule has 1 heteroatoms. The Hall–Kier alpha value is -0.850. The summed E-state index contributed by atoms with van der Waals surface area (Å²) < 4.78 is 0. The second-order valence-electron chi connectivity index (χ2n) is 5.60. The van der Waals surface area contributed by atoms with E-state index in [1.54, 1.807) is 0 Å². The topological polar surface area (TPSA) is 12.9 Å². The van der Waals surface area contributed by atoms with Crippen LogP contribution in [0, 0.1) is 12.3 Å². The number of hydrogen-bond donors (Lipinski definition) is 0. The molecule has 16 heavy (non-hydrogen) atoms. The van der Waals surface area contributed by atoms with Crippen LogP contribution < -0.4 is 0 Å². The van der Waals surface area contributed by atoms with Gasteiger partial charge in [-0.2, -0.15) is 0 Å². The van der Waals surface area contributed by atoms with Crippen LogP contribution in [0.15, 0.2) is 18.3 Å². The van der Waals surface area contributed by atoms with E-state index in [1.165, 1.54) is 11.3 Å². The molecule has 0 spiro atoms. The van der Waals surface area contributed by atoms with Gasteiger partial charge in [-0.05, 0) is 24.0 Å². The molecular formula is C15H27N. The Kier molecular flexibility index (Phi) is 5.18. The number of rotatable bonds is 1. The molecule has 1 nitrogen and oxygen atoms in total. The number of pyridine rings is 1. The van der Waals surface area contributed by atoms with Crippen LogP contribution in [-0.2, 0) is 5.41 Å². The molecule has 0 bridgehead atoms. The van der Waals surface area contributed by atoms with Crippen molar-refractivity contribution in [3.05, 3.63) is 29.6 Å². The zero-order valence-electron chi connectivity index (χ0n) is 12.2. The minimum atomic E-state index is 0.112. The first kappa shape index (κ1) is 15.2. The van der Waals surface area contributed by atoms with Crippen molar-refractivity contribution in [3.8, 4) is 0 Å². The Balaban J connectivity index is 0.00000106. The fraction of sp³-hybridized carbons (Fsp3) is 0.667. The molecular weight excluding hydrogens is 194 g/mol. The molecule has 0 saturated carbocycles. The summed E-state index contributed by atoms with van der Waals surface area (Å²) >= 11 is 0. The van der Waals surface area contributed by atoms with Gasteiger partial charge in [0.2, 0.25) is 0 Å². The molecule has 0 aliphatic rings. The Labute approximate surface area is 101 Å². The quantitative estimate of drug-likeness (QED) is 0.667. The lowest BCUT2D eigenvalue weighted by atomic mass is 9.67. The summed E-state index contributed by atoms with van der Waals surface area (Å²) in [7, 11) is 0. The van der Waals surface area contributed by atoms with Crippen molar-refractivity contribution in [2.75, 3.05) is 0 Å². The third kappa shape index (κ3) is 3.33. The zero-order chi connectivity index (χ0) is 13.0. The molecule has 1 heterocycles. The summed E-state index contributed by atoms with van der Waals surface area (Å²) in [4.78, 5) is 4.52. The minimum Gasteiger partial charge on any atom is -0.260 e. The summed E-state index contributed by atoms with van der Waals surface area (Å²) in [6.45, 7) is 17.4. The van der Waals surface area contributed by atoms with E-state index in [0.717, 1.165) is 0 Å². The van der Waals surface area contributed by atoms with E-state index in [9.17, 15) is 0 Å². The lowest BCUT2D eigenvalue weighted by Gasteiger charge is -2.38. The van der Waals surface area contributed by atoms with Crippen LogP contribution in [0.25, 0.3) is 0 Å². The average Bonchev–Trinajstić information content (AvgIpc) is 2.20. The first-order chi connectivity index (χ1) is 7.25. The second-order valence-corrected chi connectivity index (χ2v) is 5.60. The highest BCUT2D eigenvalue weighted by Gasteiger charge is 2.35. The maximum absolute atomic E-state index is 4.52. The van der Waals surface area contributed by atoms with E-state index < -0.39 is 0 Å². The zero-order valence-corrected chi connectivity index (χ0v) is 12.2. The normalized spacial score (nSPS) is 11.8. The fourth-order valence-electron chi connectivity index (χ4n) is 1.22. The Bertz CT molecular complexity index is 301. The summed E-state index contributed by atoms with van der Waals surface area (Å²) in [6.07, 6.45) is 1.95. The monoisotopic (exact) mass is 221 g/mol. The second kappa shape index (κ2) is 5.47.